The van der Waals surface area contributed by atoms with E-state index in [1.54, 1.807) is 17.2 Å². The molecule has 1 N–H and O–H groups in total. The van der Waals surface area contributed by atoms with Gasteiger partial charge < -0.3 is 19.4 Å². The summed E-state index contributed by atoms with van der Waals surface area (Å²) in [6.45, 7) is 2.17. The van der Waals surface area contributed by atoms with Crippen LogP contribution in [0.15, 0.2) is 47.1 Å². The molecule has 0 saturated heterocycles. The number of furan rings is 1. The second-order valence-corrected chi connectivity index (χ2v) is 5.36. The summed E-state index contributed by atoms with van der Waals surface area (Å²) in [6.07, 6.45) is 1.78. The molecule has 2 heterocycles. The summed E-state index contributed by atoms with van der Waals surface area (Å²) in [5.41, 5.74) is 0.704. The number of nitrogens with one attached hydrogen (secondary N) is 1. The maximum atomic E-state index is 12.1. The lowest BCUT2D eigenvalue weighted by Gasteiger charge is -2.29. The molecule has 6 nitrogen and oxygen atoms in total. The lowest BCUT2D eigenvalue weighted by Crippen LogP contribution is -2.41. The van der Waals surface area contributed by atoms with Crippen molar-refractivity contribution >= 4 is 17.5 Å². The lowest BCUT2D eigenvalue weighted by molar-refractivity contribution is -0.122. The highest BCUT2D eigenvalue weighted by Gasteiger charge is 2.25. The van der Waals surface area contributed by atoms with E-state index in [1.807, 2.05) is 37.3 Å². The Balaban J connectivity index is 1.59. The van der Waals surface area contributed by atoms with Gasteiger partial charge in [-0.25, -0.2) is 0 Å². The molecule has 2 amide bonds. The largest absolute Gasteiger partial charge is 0.482 e. The van der Waals surface area contributed by atoms with Gasteiger partial charge >= 0.3 is 0 Å². The van der Waals surface area contributed by atoms with Crippen molar-refractivity contribution in [2.75, 3.05) is 18.1 Å². The van der Waals surface area contributed by atoms with Gasteiger partial charge in [0.05, 0.1) is 18.0 Å². The number of amides is 2. The van der Waals surface area contributed by atoms with Crippen molar-refractivity contribution in [2.24, 2.45) is 0 Å². The second kappa shape index (κ2) is 6.56. The highest BCUT2D eigenvalue weighted by atomic mass is 16.5. The Morgan fingerprint density at radius 3 is 2.91 bits per heavy atom. The third kappa shape index (κ3) is 3.36. The summed E-state index contributed by atoms with van der Waals surface area (Å²) in [5.74, 6) is 1.09. The normalized spacial score (nSPS) is 14.8. The van der Waals surface area contributed by atoms with Crippen LogP contribution in [0, 0.1) is 0 Å². The third-order valence-corrected chi connectivity index (χ3v) is 3.72. The van der Waals surface area contributed by atoms with Gasteiger partial charge in [-0.2, -0.15) is 0 Å². The first-order valence-electron chi connectivity index (χ1n) is 7.50. The van der Waals surface area contributed by atoms with Gasteiger partial charge in [0.15, 0.2) is 6.61 Å². The van der Waals surface area contributed by atoms with Crippen molar-refractivity contribution < 1.29 is 18.7 Å². The summed E-state index contributed by atoms with van der Waals surface area (Å²) in [6, 6.07) is 10.7. The average Bonchev–Trinajstić information content (AvgIpc) is 3.08. The molecular formula is C17H18N2O4. The summed E-state index contributed by atoms with van der Waals surface area (Å²) in [7, 11) is 0. The van der Waals surface area contributed by atoms with Crippen molar-refractivity contribution in [1.82, 2.24) is 5.32 Å². The minimum atomic E-state index is -0.204. The number of carbonyl (C=O) groups is 2. The first kappa shape index (κ1) is 15.1. The SMILES string of the molecule is C[C@@H](NC(=O)CCN1C(=O)COc2ccccc21)c1ccco1. The Kier molecular flexibility index (Phi) is 4.32. The van der Waals surface area contributed by atoms with Gasteiger partial charge in [-0.1, -0.05) is 12.1 Å². The monoisotopic (exact) mass is 314 g/mol. The number of hydrogen-bond acceptors (Lipinski definition) is 4. The molecule has 120 valence electrons. The molecule has 1 aliphatic heterocycles. The first-order valence-corrected chi connectivity index (χ1v) is 7.50. The van der Waals surface area contributed by atoms with Gasteiger partial charge in [0.25, 0.3) is 5.91 Å². The van der Waals surface area contributed by atoms with E-state index in [-0.39, 0.29) is 30.9 Å². The minimum Gasteiger partial charge on any atom is -0.482 e. The number of ether oxygens (including phenoxy) is 1. The Labute approximate surface area is 134 Å². The second-order valence-electron chi connectivity index (χ2n) is 5.36. The van der Waals surface area contributed by atoms with E-state index in [0.29, 0.717) is 23.7 Å². The molecule has 0 spiro atoms. The van der Waals surface area contributed by atoms with Crippen LogP contribution in [0.1, 0.15) is 25.1 Å². The summed E-state index contributed by atoms with van der Waals surface area (Å²) in [4.78, 5) is 25.7. The van der Waals surface area contributed by atoms with Crippen LogP contribution >= 0.6 is 0 Å². The topological polar surface area (TPSA) is 71.8 Å². The standard InChI is InChI=1S/C17H18N2O4/c1-12(14-7-4-10-22-14)18-16(20)8-9-19-13-5-2-3-6-15(13)23-11-17(19)21/h2-7,10,12H,8-9,11H2,1H3,(H,18,20)/t12-/m1/s1. The van der Waals surface area contributed by atoms with Crippen LogP contribution in [-0.4, -0.2) is 25.0 Å². The molecule has 0 saturated carbocycles. The van der Waals surface area contributed by atoms with Crippen LogP contribution in [0.3, 0.4) is 0 Å². The number of nitrogens with zero attached hydrogens (tertiary/aromatic N) is 1. The van der Waals surface area contributed by atoms with E-state index in [9.17, 15) is 9.59 Å². The fourth-order valence-corrected chi connectivity index (χ4v) is 2.53. The fraction of sp³-hybridized carbons (Fsp3) is 0.294. The molecule has 1 aromatic carbocycles. The molecule has 23 heavy (non-hydrogen) atoms. The molecule has 0 bridgehead atoms. The quantitative estimate of drug-likeness (QED) is 0.919. The number of rotatable bonds is 5. The zero-order valence-electron chi connectivity index (χ0n) is 12.8. The van der Waals surface area contributed by atoms with Gasteiger partial charge in [0.2, 0.25) is 5.91 Å². The molecule has 1 aromatic heterocycles. The molecule has 0 aliphatic carbocycles. The van der Waals surface area contributed by atoms with E-state index in [2.05, 4.69) is 5.32 Å². The predicted octanol–water partition coefficient (Wildman–Crippen LogP) is 2.27. The fourth-order valence-electron chi connectivity index (χ4n) is 2.53. The molecule has 3 rings (SSSR count). The smallest absolute Gasteiger partial charge is 0.265 e. The van der Waals surface area contributed by atoms with Crippen LogP contribution in [0.4, 0.5) is 5.69 Å². The number of fused-ring (bicyclic) bond motifs is 1. The molecule has 0 fully saturated rings. The van der Waals surface area contributed by atoms with Crippen LogP contribution in [-0.2, 0) is 9.59 Å². The first-order chi connectivity index (χ1) is 11.1. The summed E-state index contributed by atoms with van der Waals surface area (Å²) >= 11 is 0. The van der Waals surface area contributed by atoms with Crippen molar-refractivity contribution in [3.05, 3.63) is 48.4 Å². The Hall–Kier alpha value is -2.76. The highest BCUT2D eigenvalue weighted by molar-refractivity contribution is 5.98. The number of anilines is 1. The van der Waals surface area contributed by atoms with Crippen LogP contribution in [0.25, 0.3) is 0 Å². The average molecular weight is 314 g/mol. The summed E-state index contributed by atoms with van der Waals surface area (Å²) < 4.78 is 10.6. The van der Waals surface area contributed by atoms with Gasteiger partial charge in [-0.3, -0.25) is 9.59 Å². The number of para-hydroxylation sites is 2. The Morgan fingerprint density at radius 1 is 1.30 bits per heavy atom. The molecule has 6 heteroatoms. The Morgan fingerprint density at radius 2 is 2.13 bits per heavy atom. The van der Waals surface area contributed by atoms with Crippen molar-refractivity contribution in [3.8, 4) is 5.75 Å². The maximum absolute atomic E-state index is 12.1. The molecular weight excluding hydrogens is 296 g/mol. The molecule has 0 radical (unpaired) electrons. The van der Waals surface area contributed by atoms with Crippen molar-refractivity contribution in [1.29, 1.82) is 0 Å². The maximum Gasteiger partial charge on any atom is 0.265 e. The molecule has 2 aromatic rings. The van der Waals surface area contributed by atoms with E-state index in [0.717, 1.165) is 0 Å². The van der Waals surface area contributed by atoms with Crippen LogP contribution in [0.5, 0.6) is 5.75 Å². The molecule has 1 atom stereocenters. The van der Waals surface area contributed by atoms with Crippen molar-refractivity contribution in [3.63, 3.8) is 0 Å². The molecule has 1 aliphatic rings. The van der Waals surface area contributed by atoms with Gasteiger partial charge in [0, 0.05) is 13.0 Å². The molecule has 0 unspecified atom stereocenters. The van der Waals surface area contributed by atoms with Crippen molar-refractivity contribution in [2.45, 2.75) is 19.4 Å². The highest BCUT2D eigenvalue weighted by Crippen LogP contribution is 2.31. The van der Waals surface area contributed by atoms with E-state index in [1.165, 1.54) is 0 Å². The Bertz CT molecular complexity index is 696. The number of carbonyl (C=O) groups excluding carboxylic acids is 2. The van der Waals surface area contributed by atoms with E-state index in [4.69, 9.17) is 9.15 Å². The van der Waals surface area contributed by atoms with Gasteiger partial charge in [0.1, 0.15) is 11.5 Å². The summed E-state index contributed by atoms with van der Waals surface area (Å²) in [5, 5.41) is 2.86. The van der Waals surface area contributed by atoms with Crippen LogP contribution in [0.2, 0.25) is 0 Å². The number of benzene rings is 1. The zero-order chi connectivity index (χ0) is 16.2. The predicted molar refractivity (Wildman–Crippen MR) is 84.2 cm³/mol. The minimum absolute atomic E-state index is 0.00142. The lowest BCUT2D eigenvalue weighted by atomic mass is 10.2. The van der Waals surface area contributed by atoms with E-state index >= 15 is 0 Å². The number of hydrogen-bond donors (Lipinski definition) is 1. The van der Waals surface area contributed by atoms with Gasteiger partial charge in [-0.15, -0.1) is 0 Å². The zero-order valence-corrected chi connectivity index (χ0v) is 12.8. The van der Waals surface area contributed by atoms with Crippen LogP contribution < -0.4 is 15.0 Å². The third-order valence-electron chi connectivity index (χ3n) is 3.72. The van der Waals surface area contributed by atoms with Gasteiger partial charge in [-0.05, 0) is 31.2 Å². The van der Waals surface area contributed by atoms with E-state index < -0.39 is 0 Å².